The number of rotatable bonds is 11. The number of halogens is 1. The summed E-state index contributed by atoms with van der Waals surface area (Å²) >= 11 is 6.58. The molecule has 3 aromatic carbocycles. The number of nitrogens with one attached hydrogen (secondary N) is 1. The Bertz CT molecular complexity index is 1950. The van der Waals surface area contributed by atoms with Crippen molar-refractivity contribution in [2.24, 2.45) is 11.8 Å². The fourth-order valence-corrected chi connectivity index (χ4v) is 9.48. The third-order valence-electron chi connectivity index (χ3n) is 12.3. The highest BCUT2D eigenvalue weighted by Crippen LogP contribution is 2.49. The van der Waals surface area contributed by atoms with E-state index in [-0.39, 0.29) is 23.8 Å². The minimum Gasteiger partial charge on any atom is -0.348 e. The molecular weight excluding hydrogens is 676 g/mol. The molecule has 5 atom stereocenters. The Balaban J connectivity index is 1.02. The van der Waals surface area contributed by atoms with Crippen LogP contribution >= 0.6 is 11.6 Å². The monoisotopic (exact) mass is 729 g/mol. The number of benzene rings is 3. The Labute approximate surface area is 321 Å². The Hall–Kier alpha value is -4.03. The van der Waals surface area contributed by atoms with Crippen LogP contribution in [-0.2, 0) is 27.2 Å². The fourth-order valence-electron chi connectivity index (χ4n) is 9.31. The molecule has 276 valence electrons. The van der Waals surface area contributed by atoms with Gasteiger partial charge in [-0.2, -0.15) is 0 Å². The smallest absolute Gasteiger partial charge is 0.251 e. The van der Waals surface area contributed by atoms with Crippen molar-refractivity contribution in [3.63, 3.8) is 0 Å². The molecule has 0 saturated carbocycles. The van der Waals surface area contributed by atoms with Crippen LogP contribution in [0, 0.1) is 11.8 Å². The summed E-state index contributed by atoms with van der Waals surface area (Å²) < 4.78 is 7.03. The molecule has 3 aromatic rings. The molecule has 2 aliphatic carbocycles. The molecule has 53 heavy (non-hydrogen) atoms. The lowest BCUT2D eigenvalue weighted by molar-refractivity contribution is -0.116. The maximum atomic E-state index is 14.1. The first-order chi connectivity index (χ1) is 25.8. The van der Waals surface area contributed by atoms with Crippen LogP contribution in [0.15, 0.2) is 103 Å². The van der Waals surface area contributed by atoms with E-state index < -0.39 is 0 Å². The van der Waals surface area contributed by atoms with Gasteiger partial charge >= 0.3 is 0 Å². The van der Waals surface area contributed by atoms with Gasteiger partial charge in [0.05, 0.1) is 13.7 Å². The lowest BCUT2D eigenvalue weighted by Crippen LogP contribution is -2.53. The summed E-state index contributed by atoms with van der Waals surface area (Å²) in [5.74, 6) is 1.19. The molecular formula is C47H54ClN2O3+. The van der Waals surface area contributed by atoms with Gasteiger partial charge < -0.3 is 10.1 Å². The highest BCUT2D eigenvalue weighted by atomic mass is 35.5. The van der Waals surface area contributed by atoms with Crippen LogP contribution in [0.3, 0.4) is 0 Å². The maximum Gasteiger partial charge on any atom is 0.251 e. The molecule has 2 heterocycles. The van der Waals surface area contributed by atoms with Gasteiger partial charge in [0, 0.05) is 53.6 Å². The number of quaternary nitrogens is 1. The first-order valence-electron chi connectivity index (χ1n) is 19.8. The van der Waals surface area contributed by atoms with Crippen LogP contribution in [-0.4, -0.2) is 38.1 Å². The van der Waals surface area contributed by atoms with Crippen LogP contribution in [0.4, 0.5) is 5.69 Å². The van der Waals surface area contributed by atoms with Crippen LogP contribution in [0.2, 0.25) is 5.02 Å². The summed E-state index contributed by atoms with van der Waals surface area (Å²) in [4.78, 5) is 26.0. The highest BCUT2D eigenvalue weighted by Gasteiger charge is 2.48. The van der Waals surface area contributed by atoms with Gasteiger partial charge in [0.2, 0.25) is 6.23 Å². The van der Waals surface area contributed by atoms with Crippen molar-refractivity contribution in [2.45, 2.75) is 90.2 Å². The Kier molecular flexibility index (Phi) is 11.6. The van der Waals surface area contributed by atoms with E-state index in [4.69, 9.17) is 16.3 Å². The minimum absolute atomic E-state index is 0.0298. The largest absolute Gasteiger partial charge is 0.348 e. The first-order valence-corrected chi connectivity index (χ1v) is 20.2. The van der Waals surface area contributed by atoms with Crippen molar-refractivity contribution in [3.8, 4) is 0 Å². The number of allylic oxidation sites excluding steroid dienone is 6. The van der Waals surface area contributed by atoms with Crippen LogP contribution in [0.5, 0.6) is 0 Å². The molecule has 1 amide bonds. The molecule has 5 unspecified atom stereocenters. The highest BCUT2D eigenvalue weighted by molar-refractivity contribution is 6.31. The van der Waals surface area contributed by atoms with Crippen molar-refractivity contribution in [3.05, 3.63) is 136 Å². The number of hydrogen-bond acceptors (Lipinski definition) is 3. The molecule has 7 rings (SSSR count). The molecule has 6 heteroatoms. The summed E-state index contributed by atoms with van der Waals surface area (Å²) in [7, 11) is 2.27. The zero-order chi connectivity index (χ0) is 37.0. The number of nitrogens with zero attached hydrogens (tertiary/aromatic N) is 1. The number of hydrogen-bond donors (Lipinski definition) is 1. The second-order valence-electron chi connectivity index (χ2n) is 15.6. The van der Waals surface area contributed by atoms with E-state index >= 15 is 0 Å². The van der Waals surface area contributed by atoms with Gasteiger partial charge in [0.25, 0.3) is 5.91 Å². The maximum absolute atomic E-state index is 14.1. The molecule has 0 radical (unpaired) electrons. The number of aryl methyl sites for hydroxylation is 2. The summed E-state index contributed by atoms with van der Waals surface area (Å²) in [5.41, 5.74) is 10.5. The van der Waals surface area contributed by atoms with Gasteiger partial charge in [-0.3, -0.25) is 9.59 Å². The normalized spacial score (nSPS) is 25.4. The number of amides is 1. The van der Waals surface area contributed by atoms with Crippen molar-refractivity contribution >= 4 is 40.1 Å². The van der Waals surface area contributed by atoms with Gasteiger partial charge in [0.15, 0.2) is 5.78 Å². The predicted octanol–water partition coefficient (Wildman–Crippen LogP) is 10.5. The number of carbonyl (C=O) groups is 2. The molecule has 1 N–H and O–H groups in total. The summed E-state index contributed by atoms with van der Waals surface area (Å²) in [6.07, 6.45) is 19.8. The molecule has 2 aliphatic heterocycles. The third-order valence-corrected chi connectivity index (χ3v) is 12.5. The molecule has 1 saturated heterocycles. The number of ketones is 1. The van der Waals surface area contributed by atoms with Gasteiger partial charge in [0.1, 0.15) is 11.4 Å². The summed E-state index contributed by atoms with van der Waals surface area (Å²) in [6, 6.07) is 23.8. The number of ether oxygens (including phenoxy) is 1. The average Bonchev–Trinajstić information content (AvgIpc) is 3.41. The topological polar surface area (TPSA) is 55.4 Å². The zero-order valence-electron chi connectivity index (χ0n) is 31.6. The van der Waals surface area contributed by atoms with Crippen LogP contribution in [0.25, 0.3) is 11.1 Å². The third kappa shape index (κ3) is 7.94. The van der Waals surface area contributed by atoms with Gasteiger partial charge in [-0.05, 0) is 103 Å². The van der Waals surface area contributed by atoms with E-state index in [0.29, 0.717) is 34.3 Å². The van der Waals surface area contributed by atoms with E-state index in [1.165, 1.54) is 28.1 Å². The van der Waals surface area contributed by atoms with E-state index in [9.17, 15) is 9.59 Å². The van der Waals surface area contributed by atoms with E-state index in [1.54, 1.807) is 6.08 Å². The molecule has 1 fully saturated rings. The Morgan fingerprint density at radius 2 is 1.72 bits per heavy atom. The predicted molar refractivity (Wildman–Crippen MR) is 218 cm³/mol. The summed E-state index contributed by atoms with van der Waals surface area (Å²) in [5, 5.41) is 4.06. The van der Waals surface area contributed by atoms with E-state index in [1.807, 2.05) is 24.3 Å². The van der Waals surface area contributed by atoms with Crippen molar-refractivity contribution in [1.29, 1.82) is 0 Å². The molecule has 0 aromatic heterocycles. The second kappa shape index (κ2) is 16.5. The van der Waals surface area contributed by atoms with E-state index in [0.717, 1.165) is 86.7 Å². The van der Waals surface area contributed by atoms with Crippen LogP contribution in [0.1, 0.15) is 98.9 Å². The van der Waals surface area contributed by atoms with Crippen molar-refractivity contribution < 1.29 is 14.3 Å². The van der Waals surface area contributed by atoms with Crippen LogP contribution < -0.4 is 9.80 Å². The Morgan fingerprint density at radius 3 is 2.47 bits per heavy atom. The van der Waals surface area contributed by atoms with E-state index in [2.05, 4.69) is 93.0 Å². The number of fused-ring (bicyclic) bond motifs is 2. The molecule has 4 aliphatic rings. The lowest BCUT2D eigenvalue weighted by Gasteiger charge is -2.41. The Morgan fingerprint density at radius 1 is 0.943 bits per heavy atom. The first kappa shape index (κ1) is 37.3. The van der Waals surface area contributed by atoms with Crippen molar-refractivity contribution in [1.82, 2.24) is 9.80 Å². The quantitative estimate of drug-likeness (QED) is 0.200. The van der Waals surface area contributed by atoms with Crippen molar-refractivity contribution in [2.75, 3.05) is 20.2 Å². The average molecular weight is 730 g/mol. The minimum atomic E-state index is -0.0298. The molecule has 0 spiro atoms. The lowest BCUT2D eigenvalue weighted by atomic mass is 9.74. The molecule has 5 nitrogen and oxygen atoms in total. The number of carbonyl (C=O) groups excluding carboxylic acids is 2. The van der Waals surface area contributed by atoms with Gasteiger partial charge in [-0.15, -0.1) is 0 Å². The van der Waals surface area contributed by atoms with Gasteiger partial charge in [-0.1, -0.05) is 98.3 Å². The van der Waals surface area contributed by atoms with Gasteiger partial charge in [-0.25, -0.2) is 4.48 Å². The molecule has 0 bridgehead atoms. The fraction of sp³-hybridized carbons (Fsp3) is 0.404. The SMILES string of the molecule is CCC1=C(CNC(=O)C2=CC(C)C(CCc3ccc(CCC4C=CC=CC(=O)CC4)cc3)c3ccccc32)c2cc(Cl)ccc2[N+]1(C)C1CCCCO1. The second-order valence-corrected chi connectivity index (χ2v) is 16.0. The zero-order valence-corrected chi connectivity index (χ0v) is 32.3. The summed E-state index contributed by atoms with van der Waals surface area (Å²) in [6.45, 7) is 5.69. The standard InChI is InChI=1S/C47H53ClN2O3/c1-4-44-43(41-30-36(48)24-27-45(41)50(44,3)46-15-9-10-28-53-46)31-49-47(52)42-29-32(2)38(39-13-7-8-14-40(39)42)26-23-35-20-18-34(19-21-35)17-16-33-11-5-6-12-37(51)25-22-33/h5-8,11-14,18-21,24,27,29-30,32-33,38,46H,4,9-10,15-17,22-23,25-26,28,31H2,1-3H3/p+1.